The number of carbonyl (C=O) groups is 2. The molecule has 1 aromatic rings. The number of methoxy groups -OCH3 is 1. The lowest BCUT2D eigenvalue weighted by Crippen LogP contribution is -2.41. The molecule has 24 heavy (non-hydrogen) atoms. The minimum absolute atomic E-state index is 0.0777. The van der Waals surface area contributed by atoms with E-state index in [4.69, 9.17) is 19.3 Å². The molecule has 0 atom stereocenters. The first-order valence-corrected chi connectivity index (χ1v) is 7.94. The predicted molar refractivity (Wildman–Crippen MR) is 86.3 cm³/mol. The van der Waals surface area contributed by atoms with Crippen LogP contribution < -0.4 is 4.74 Å². The molecule has 1 amide bonds. The summed E-state index contributed by atoms with van der Waals surface area (Å²) in [6, 6.07) is 6.60. The number of nitrogens with zero attached hydrogens (tertiary/aromatic N) is 1. The second kappa shape index (κ2) is 9.24. The van der Waals surface area contributed by atoms with E-state index < -0.39 is 12.6 Å². The van der Waals surface area contributed by atoms with Gasteiger partial charge in [0.05, 0.1) is 19.3 Å². The fourth-order valence-electron chi connectivity index (χ4n) is 2.57. The van der Waals surface area contributed by atoms with Crippen LogP contribution in [0, 0.1) is 0 Å². The van der Waals surface area contributed by atoms with E-state index in [1.165, 1.54) is 0 Å². The summed E-state index contributed by atoms with van der Waals surface area (Å²) in [5.41, 5.74) is 0.497. The lowest BCUT2D eigenvalue weighted by molar-refractivity contribution is -0.139. The first-order valence-electron chi connectivity index (χ1n) is 7.94. The molecule has 1 heterocycles. The Labute approximate surface area is 141 Å². The van der Waals surface area contributed by atoms with Gasteiger partial charge in [0.15, 0.2) is 6.61 Å². The smallest absolute Gasteiger partial charge is 0.341 e. The van der Waals surface area contributed by atoms with Crippen molar-refractivity contribution in [1.82, 2.24) is 4.90 Å². The molecule has 1 saturated heterocycles. The summed E-state index contributed by atoms with van der Waals surface area (Å²) < 4.78 is 15.8. The van der Waals surface area contributed by atoms with Gasteiger partial charge < -0.3 is 24.2 Å². The molecule has 0 aliphatic carbocycles. The summed E-state index contributed by atoms with van der Waals surface area (Å²) in [7, 11) is 1.64. The molecule has 1 N–H and O–H groups in total. The molecular weight excluding hydrogens is 314 g/mol. The highest BCUT2D eigenvalue weighted by atomic mass is 16.5. The van der Waals surface area contributed by atoms with Crippen molar-refractivity contribution in [3.8, 4) is 5.75 Å². The maximum atomic E-state index is 12.6. The minimum atomic E-state index is -1.05. The number of piperidine rings is 1. The van der Waals surface area contributed by atoms with Crippen molar-refractivity contribution in [3.63, 3.8) is 0 Å². The zero-order valence-electron chi connectivity index (χ0n) is 13.8. The Morgan fingerprint density at radius 2 is 2.00 bits per heavy atom. The van der Waals surface area contributed by atoms with Crippen molar-refractivity contribution in [1.29, 1.82) is 0 Å². The van der Waals surface area contributed by atoms with Crippen LogP contribution in [0.2, 0.25) is 0 Å². The molecule has 0 aromatic heterocycles. The number of aliphatic carboxylic acids is 1. The number of carboxylic acids is 1. The minimum Gasteiger partial charge on any atom is -0.482 e. The molecule has 2 rings (SSSR count). The number of hydrogen-bond donors (Lipinski definition) is 1. The molecule has 1 aliphatic rings. The predicted octanol–water partition coefficient (Wildman–Crippen LogP) is 1.42. The summed E-state index contributed by atoms with van der Waals surface area (Å²) in [6.07, 6.45) is 1.75. The summed E-state index contributed by atoms with van der Waals surface area (Å²) in [6.45, 7) is 1.98. The third-order valence-corrected chi connectivity index (χ3v) is 3.81. The molecule has 1 fully saturated rings. The fraction of sp³-hybridized carbons (Fsp3) is 0.529. The number of amides is 1. The molecule has 1 aliphatic heterocycles. The van der Waals surface area contributed by atoms with E-state index in [0.29, 0.717) is 37.6 Å². The van der Waals surface area contributed by atoms with E-state index in [9.17, 15) is 9.59 Å². The van der Waals surface area contributed by atoms with Crippen molar-refractivity contribution in [2.75, 3.05) is 40.0 Å². The van der Waals surface area contributed by atoms with E-state index in [1.807, 2.05) is 0 Å². The Hall–Kier alpha value is -2.12. The summed E-state index contributed by atoms with van der Waals surface area (Å²) >= 11 is 0. The first-order chi connectivity index (χ1) is 11.6. The third-order valence-electron chi connectivity index (χ3n) is 3.81. The Balaban J connectivity index is 1.86. The Kier molecular flexibility index (Phi) is 7.02. The van der Waals surface area contributed by atoms with E-state index in [1.54, 1.807) is 36.3 Å². The number of likely N-dealkylation sites (tertiary alicyclic amines) is 1. The van der Waals surface area contributed by atoms with Crippen LogP contribution in [-0.2, 0) is 14.3 Å². The van der Waals surface area contributed by atoms with Crippen molar-refractivity contribution in [2.24, 2.45) is 0 Å². The van der Waals surface area contributed by atoms with Gasteiger partial charge in [-0.2, -0.15) is 0 Å². The molecule has 0 unspecified atom stereocenters. The van der Waals surface area contributed by atoms with Gasteiger partial charge in [-0.3, -0.25) is 4.79 Å². The molecular formula is C17H23NO6. The average Bonchev–Trinajstić information content (AvgIpc) is 2.60. The lowest BCUT2D eigenvalue weighted by atomic mass is 10.1. The topological polar surface area (TPSA) is 85.3 Å². The molecule has 132 valence electrons. The first kappa shape index (κ1) is 18.2. The standard InChI is InChI=1S/C17H23NO6/c1-22-9-10-23-14-5-7-18(8-6-14)17(21)13-3-2-4-15(11-13)24-12-16(19)20/h2-4,11,14H,5-10,12H2,1H3,(H,19,20). The number of ether oxygens (including phenoxy) is 3. The fourth-order valence-corrected chi connectivity index (χ4v) is 2.57. The van der Waals surface area contributed by atoms with Crippen LogP contribution in [0.1, 0.15) is 23.2 Å². The normalized spacial score (nSPS) is 15.3. The number of hydrogen-bond acceptors (Lipinski definition) is 5. The average molecular weight is 337 g/mol. The van der Waals surface area contributed by atoms with Gasteiger partial charge in [-0.1, -0.05) is 6.07 Å². The van der Waals surface area contributed by atoms with Gasteiger partial charge >= 0.3 is 5.97 Å². The molecule has 0 radical (unpaired) electrons. The van der Waals surface area contributed by atoms with E-state index >= 15 is 0 Å². The van der Waals surface area contributed by atoms with Crippen molar-refractivity contribution >= 4 is 11.9 Å². The van der Waals surface area contributed by atoms with E-state index in [0.717, 1.165) is 12.8 Å². The Morgan fingerprint density at radius 1 is 1.25 bits per heavy atom. The number of benzene rings is 1. The zero-order chi connectivity index (χ0) is 17.4. The highest BCUT2D eigenvalue weighted by Crippen LogP contribution is 2.19. The van der Waals surface area contributed by atoms with Crippen LogP contribution in [0.15, 0.2) is 24.3 Å². The molecule has 0 bridgehead atoms. The van der Waals surface area contributed by atoms with Gasteiger partial charge in [-0.15, -0.1) is 0 Å². The molecule has 0 spiro atoms. The van der Waals surface area contributed by atoms with Gasteiger partial charge in [-0.05, 0) is 31.0 Å². The van der Waals surface area contributed by atoms with Crippen LogP contribution in [0.4, 0.5) is 0 Å². The second-order valence-corrected chi connectivity index (χ2v) is 5.57. The molecule has 7 nitrogen and oxygen atoms in total. The highest BCUT2D eigenvalue weighted by Gasteiger charge is 2.24. The van der Waals surface area contributed by atoms with Crippen LogP contribution >= 0.6 is 0 Å². The monoisotopic (exact) mass is 337 g/mol. The van der Waals surface area contributed by atoms with Crippen molar-refractivity contribution < 1.29 is 28.9 Å². The van der Waals surface area contributed by atoms with Crippen LogP contribution in [0.3, 0.4) is 0 Å². The van der Waals surface area contributed by atoms with E-state index in [2.05, 4.69) is 0 Å². The summed E-state index contributed by atoms with van der Waals surface area (Å²) in [5, 5.41) is 8.64. The largest absolute Gasteiger partial charge is 0.482 e. The van der Waals surface area contributed by atoms with Gasteiger partial charge in [0, 0.05) is 25.8 Å². The van der Waals surface area contributed by atoms with Gasteiger partial charge in [0.1, 0.15) is 5.75 Å². The third kappa shape index (κ3) is 5.50. The zero-order valence-corrected chi connectivity index (χ0v) is 13.8. The lowest BCUT2D eigenvalue weighted by Gasteiger charge is -2.32. The number of rotatable bonds is 8. The van der Waals surface area contributed by atoms with Crippen LogP contribution in [0.5, 0.6) is 5.75 Å². The maximum absolute atomic E-state index is 12.6. The van der Waals surface area contributed by atoms with Crippen molar-refractivity contribution in [2.45, 2.75) is 18.9 Å². The summed E-state index contributed by atoms with van der Waals surface area (Å²) in [5.74, 6) is -0.755. The molecule has 7 heteroatoms. The van der Waals surface area contributed by atoms with Crippen LogP contribution in [-0.4, -0.2) is 68.0 Å². The highest BCUT2D eigenvalue weighted by molar-refractivity contribution is 5.94. The maximum Gasteiger partial charge on any atom is 0.341 e. The Bertz CT molecular complexity index is 554. The molecule has 0 saturated carbocycles. The van der Waals surface area contributed by atoms with Gasteiger partial charge in [0.2, 0.25) is 0 Å². The number of carboxylic acid groups (broad SMARTS) is 1. The quantitative estimate of drug-likeness (QED) is 0.722. The van der Waals surface area contributed by atoms with E-state index in [-0.39, 0.29) is 12.0 Å². The summed E-state index contributed by atoms with van der Waals surface area (Å²) in [4.78, 5) is 24.9. The van der Waals surface area contributed by atoms with Gasteiger partial charge in [0.25, 0.3) is 5.91 Å². The Morgan fingerprint density at radius 3 is 2.67 bits per heavy atom. The van der Waals surface area contributed by atoms with Crippen molar-refractivity contribution in [3.05, 3.63) is 29.8 Å². The van der Waals surface area contributed by atoms with Gasteiger partial charge in [-0.25, -0.2) is 4.79 Å². The number of carbonyl (C=O) groups excluding carboxylic acids is 1. The van der Waals surface area contributed by atoms with Crippen LogP contribution in [0.25, 0.3) is 0 Å². The molecule has 1 aromatic carbocycles. The SMILES string of the molecule is COCCOC1CCN(C(=O)c2cccc(OCC(=O)O)c2)CC1. The second-order valence-electron chi connectivity index (χ2n) is 5.57.